The number of carbonyl (C=O) groups is 1. The predicted octanol–water partition coefficient (Wildman–Crippen LogP) is 6.10. The maximum atomic E-state index is 15.1. The predicted molar refractivity (Wildman–Crippen MR) is 152 cm³/mol. The molecule has 1 aliphatic rings. The zero-order valence-corrected chi connectivity index (χ0v) is 24.2. The number of sulfone groups is 1. The van der Waals surface area contributed by atoms with Crippen LogP contribution >= 0.6 is 0 Å². The summed E-state index contributed by atoms with van der Waals surface area (Å²) in [6, 6.07) is 11.7. The number of halogens is 2. The number of benzene rings is 3. The van der Waals surface area contributed by atoms with Crippen LogP contribution in [-0.2, 0) is 31.2 Å². The molecule has 1 atom stereocenters. The minimum atomic E-state index is -3.92. The largest absolute Gasteiger partial charge is 0.492 e. The first-order chi connectivity index (χ1) is 20.5. The second-order valence-electron chi connectivity index (χ2n) is 10.4. The number of aromatic nitrogens is 2. The van der Waals surface area contributed by atoms with Gasteiger partial charge in [-0.05, 0) is 38.1 Å². The number of ether oxygens (including phenoxy) is 3. The summed E-state index contributed by atoms with van der Waals surface area (Å²) in [7, 11) is -3.92. The fourth-order valence-electron chi connectivity index (χ4n) is 5.29. The molecule has 3 heterocycles. The molecule has 0 radical (unpaired) electrons. The topological polar surface area (TPSA) is 121 Å². The lowest BCUT2D eigenvalue weighted by molar-refractivity contribution is -0.142. The van der Waals surface area contributed by atoms with E-state index in [9.17, 15) is 13.2 Å². The van der Waals surface area contributed by atoms with Crippen LogP contribution in [0, 0.1) is 11.6 Å². The molecule has 43 heavy (non-hydrogen) atoms. The lowest BCUT2D eigenvalue weighted by atomic mass is 9.81. The zero-order chi connectivity index (χ0) is 30.5. The number of hydrogen-bond donors (Lipinski definition) is 1. The van der Waals surface area contributed by atoms with E-state index in [1.807, 2.05) is 19.1 Å². The third-order valence-electron chi connectivity index (χ3n) is 7.38. The molecule has 222 valence electrons. The van der Waals surface area contributed by atoms with Gasteiger partial charge in [-0.25, -0.2) is 22.2 Å². The van der Waals surface area contributed by atoms with Gasteiger partial charge in [0.15, 0.2) is 21.4 Å². The number of para-hydroxylation sites is 1. The van der Waals surface area contributed by atoms with Crippen molar-refractivity contribution in [3.05, 3.63) is 89.4 Å². The van der Waals surface area contributed by atoms with E-state index in [1.165, 1.54) is 30.7 Å². The maximum Gasteiger partial charge on any atom is 0.310 e. The first-order valence-electron chi connectivity index (χ1n) is 13.3. The Labute approximate surface area is 245 Å². The number of carbonyl (C=O) groups excluding carboxylic acids is 1. The highest BCUT2D eigenvalue weighted by atomic mass is 32.2. The third-order valence-corrected chi connectivity index (χ3v) is 8.53. The van der Waals surface area contributed by atoms with E-state index in [1.54, 1.807) is 13.0 Å². The molecule has 3 aromatic carbocycles. The lowest BCUT2D eigenvalue weighted by Gasteiger charge is -2.19. The van der Waals surface area contributed by atoms with Gasteiger partial charge in [-0.15, -0.1) is 0 Å². The van der Waals surface area contributed by atoms with E-state index < -0.39 is 32.6 Å². The second-order valence-corrected chi connectivity index (χ2v) is 12.4. The fourth-order valence-corrected chi connectivity index (χ4v) is 6.34. The summed E-state index contributed by atoms with van der Waals surface area (Å²) in [4.78, 5) is 19.1. The van der Waals surface area contributed by atoms with E-state index in [2.05, 4.69) is 9.97 Å². The summed E-state index contributed by atoms with van der Waals surface area (Å²) in [5.74, 6) is -2.01. The molecular formula is C31H26F2N2O7S. The summed E-state index contributed by atoms with van der Waals surface area (Å²) >= 11 is 0. The van der Waals surface area contributed by atoms with Gasteiger partial charge in [-0.3, -0.25) is 4.79 Å². The number of oxazole rings is 1. The van der Waals surface area contributed by atoms with Crippen LogP contribution < -0.4 is 9.47 Å². The van der Waals surface area contributed by atoms with Crippen molar-refractivity contribution in [1.82, 2.24) is 9.97 Å². The van der Waals surface area contributed by atoms with Crippen LogP contribution in [0.4, 0.5) is 8.78 Å². The molecule has 1 N–H and O–H groups in total. The number of nitrogens with zero attached hydrogens (tertiary/aromatic N) is 1. The maximum absolute atomic E-state index is 15.1. The monoisotopic (exact) mass is 608 g/mol. The van der Waals surface area contributed by atoms with Crippen molar-refractivity contribution in [1.29, 1.82) is 0 Å². The summed E-state index contributed by atoms with van der Waals surface area (Å²) < 4.78 is 77.9. The van der Waals surface area contributed by atoms with Crippen LogP contribution in [0.15, 0.2) is 70.3 Å². The van der Waals surface area contributed by atoms with Crippen LogP contribution in [0.5, 0.6) is 17.2 Å². The van der Waals surface area contributed by atoms with Crippen LogP contribution in [0.25, 0.3) is 22.4 Å². The highest BCUT2D eigenvalue weighted by Gasteiger charge is 2.42. The zero-order valence-electron chi connectivity index (χ0n) is 23.4. The molecule has 0 amide bonds. The Kier molecular flexibility index (Phi) is 6.96. The van der Waals surface area contributed by atoms with Gasteiger partial charge in [-0.2, -0.15) is 0 Å². The summed E-state index contributed by atoms with van der Waals surface area (Å²) in [5, 5.41) is 0.260. The minimum Gasteiger partial charge on any atom is -0.492 e. The Morgan fingerprint density at radius 3 is 2.72 bits per heavy atom. The van der Waals surface area contributed by atoms with E-state index in [0.29, 0.717) is 17.0 Å². The van der Waals surface area contributed by atoms with Gasteiger partial charge in [0.25, 0.3) is 0 Å². The number of H-pyrrole nitrogens is 1. The molecule has 6 rings (SSSR count). The molecule has 9 nitrogen and oxygen atoms in total. The smallest absolute Gasteiger partial charge is 0.310 e. The first-order valence-corrected chi connectivity index (χ1v) is 15.2. The molecule has 0 saturated carbocycles. The number of esters is 1. The number of fused-ring (bicyclic) bond motifs is 2. The van der Waals surface area contributed by atoms with Gasteiger partial charge in [0.2, 0.25) is 5.89 Å². The fraction of sp³-hybridized carbons (Fsp3) is 0.226. The van der Waals surface area contributed by atoms with Crippen LogP contribution in [0.3, 0.4) is 0 Å². The van der Waals surface area contributed by atoms with E-state index in [-0.39, 0.29) is 58.6 Å². The molecule has 0 bridgehead atoms. The average molecular weight is 609 g/mol. The number of nitrogens with one attached hydrogen (secondary N) is 1. The van der Waals surface area contributed by atoms with Gasteiger partial charge in [0.1, 0.15) is 35.1 Å². The summed E-state index contributed by atoms with van der Waals surface area (Å²) in [5.41, 5.74) is 1.37. The van der Waals surface area contributed by atoms with Crippen molar-refractivity contribution in [2.75, 3.05) is 19.5 Å². The van der Waals surface area contributed by atoms with Crippen molar-refractivity contribution in [2.24, 2.45) is 0 Å². The lowest BCUT2D eigenvalue weighted by Crippen LogP contribution is -2.25. The van der Waals surface area contributed by atoms with Gasteiger partial charge < -0.3 is 23.6 Å². The standard InChI is InChI=1S/C31H26F2N2O7S/c1-4-39-26(36)12-17-6-5-7-21-27(17)41-16-31(21,2)25-15-40-30(35-25)20-13-18(8-9-22(20)32)42-28-23(33)14-24-19(10-11-34-24)29(28)43(3,37)38/h5-11,13-15,34H,4,12,16H2,1-3H3/t31-/m0/s1. The van der Waals surface area contributed by atoms with Crippen LogP contribution in [-0.4, -0.2) is 43.8 Å². The normalized spacial score (nSPS) is 16.2. The molecule has 1 aliphatic heterocycles. The Balaban J connectivity index is 1.34. The minimum absolute atomic E-state index is 0.0285. The summed E-state index contributed by atoms with van der Waals surface area (Å²) in [6.07, 6.45) is 3.90. The SMILES string of the molecule is CCOC(=O)Cc1cccc2c1OC[C@]2(C)c1coc(-c2cc(Oc3c(F)cc4[nH]ccc4c3S(C)(=O)=O)ccc2F)n1. The Bertz CT molecular complexity index is 2000. The van der Waals surface area contributed by atoms with Gasteiger partial charge in [0, 0.05) is 40.5 Å². The van der Waals surface area contributed by atoms with E-state index >= 15 is 8.78 Å². The molecule has 0 aliphatic carbocycles. The van der Waals surface area contributed by atoms with Crippen LogP contribution in [0.2, 0.25) is 0 Å². The number of rotatable bonds is 8. The Hall–Kier alpha value is -4.71. The first kappa shape index (κ1) is 28.4. The molecule has 0 unspecified atom stereocenters. The van der Waals surface area contributed by atoms with Gasteiger partial charge in [-0.1, -0.05) is 18.2 Å². The Morgan fingerprint density at radius 2 is 1.95 bits per heavy atom. The Morgan fingerprint density at radius 1 is 1.14 bits per heavy atom. The van der Waals surface area contributed by atoms with Crippen molar-refractivity contribution in [3.63, 3.8) is 0 Å². The molecule has 5 aromatic rings. The van der Waals surface area contributed by atoms with Crippen molar-refractivity contribution < 1.29 is 40.6 Å². The molecule has 0 fully saturated rings. The molecular weight excluding hydrogens is 582 g/mol. The highest BCUT2D eigenvalue weighted by Crippen LogP contribution is 2.46. The number of hydrogen-bond acceptors (Lipinski definition) is 8. The van der Waals surface area contributed by atoms with Gasteiger partial charge in [0.05, 0.1) is 29.7 Å². The molecule has 12 heteroatoms. The van der Waals surface area contributed by atoms with Crippen molar-refractivity contribution >= 4 is 26.7 Å². The molecule has 0 saturated heterocycles. The summed E-state index contributed by atoms with van der Waals surface area (Å²) in [6.45, 7) is 4.11. The van der Waals surface area contributed by atoms with Crippen molar-refractivity contribution in [3.8, 4) is 28.7 Å². The van der Waals surface area contributed by atoms with Crippen molar-refractivity contribution in [2.45, 2.75) is 30.6 Å². The van der Waals surface area contributed by atoms with Gasteiger partial charge >= 0.3 is 5.97 Å². The third kappa shape index (κ3) is 5.01. The second kappa shape index (κ2) is 10.5. The highest BCUT2D eigenvalue weighted by molar-refractivity contribution is 7.91. The van der Waals surface area contributed by atoms with Crippen LogP contribution in [0.1, 0.15) is 30.7 Å². The average Bonchev–Trinajstić information content (AvgIpc) is 3.70. The van der Waals surface area contributed by atoms with E-state index in [4.69, 9.17) is 18.6 Å². The number of aromatic amines is 1. The van der Waals surface area contributed by atoms with E-state index in [0.717, 1.165) is 24.0 Å². The molecule has 0 spiro atoms. The molecule has 2 aromatic heterocycles. The quantitative estimate of drug-likeness (QED) is 0.210.